The molecule has 1 aliphatic heterocycles. The van der Waals surface area contributed by atoms with Crippen LogP contribution < -0.4 is 5.32 Å². The predicted octanol–water partition coefficient (Wildman–Crippen LogP) is -0.0559. The Labute approximate surface area is 181 Å². The Bertz CT molecular complexity index is 611. The van der Waals surface area contributed by atoms with Gasteiger partial charge in [-0.1, -0.05) is 6.42 Å². The average molecular weight is 448 g/mol. The molecule has 0 radical (unpaired) electrons. The van der Waals surface area contributed by atoms with Gasteiger partial charge < -0.3 is 34.1 Å². The van der Waals surface area contributed by atoms with Crippen molar-refractivity contribution in [3.63, 3.8) is 0 Å². The molecule has 11 heteroatoms. The number of rotatable bonds is 12. The smallest absolute Gasteiger partial charge is 0.303 e. The number of carbonyl (C=O) groups is 4. The number of nitrogens with one attached hydrogen (secondary N) is 1. The molecule has 1 heterocycles. The zero-order valence-electron chi connectivity index (χ0n) is 18.5. The molecule has 1 rings (SSSR count). The summed E-state index contributed by atoms with van der Waals surface area (Å²) in [7, 11) is 0. The third kappa shape index (κ3) is 10.1. The second kappa shape index (κ2) is 13.9. The van der Waals surface area contributed by atoms with Crippen molar-refractivity contribution in [3.05, 3.63) is 0 Å². The van der Waals surface area contributed by atoms with Crippen LogP contribution in [0.5, 0.6) is 0 Å². The van der Waals surface area contributed by atoms with Gasteiger partial charge in [0.2, 0.25) is 5.91 Å². The summed E-state index contributed by atoms with van der Waals surface area (Å²) < 4.78 is 27.5. The lowest BCUT2D eigenvalue weighted by Crippen LogP contribution is -2.66. The summed E-state index contributed by atoms with van der Waals surface area (Å²) in [5, 5.41) is 9.81. The highest BCUT2D eigenvalue weighted by atomic mass is 16.7. The van der Waals surface area contributed by atoms with Gasteiger partial charge in [-0.15, -0.1) is 0 Å². The first-order chi connectivity index (χ1) is 14.6. The SMILES string of the molecule is CC(=O)NC1C(OC(C)=O)C(OC(C)=O)[C@H](COC(C)=O)O[C@H]1OCCCCCC[OH2+]. The Morgan fingerprint density at radius 1 is 0.871 bits per heavy atom. The lowest BCUT2D eigenvalue weighted by atomic mass is 9.96. The Morgan fingerprint density at radius 2 is 1.48 bits per heavy atom. The highest BCUT2D eigenvalue weighted by Crippen LogP contribution is 2.28. The Morgan fingerprint density at radius 3 is 2.03 bits per heavy atom. The van der Waals surface area contributed by atoms with Crippen molar-refractivity contribution < 1.29 is 48.0 Å². The van der Waals surface area contributed by atoms with Crippen LogP contribution in [0.4, 0.5) is 0 Å². The molecule has 3 N–H and O–H groups in total. The van der Waals surface area contributed by atoms with Gasteiger partial charge in [0.05, 0.1) is 0 Å². The minimum Gasteiger partial charge on any atom is -0.463 e. The molecule has 0 bridgehead atoms. The van der Waals surface area contributed by atoms with Gasteiger partial charge in [-0.25, -0.2) is 0 Å². The van der Waals surface area contributed by atoms with Crippen LogP contribution in [0.1, 0.15) is 53.4 Å². The van der Waals surface area contributed by atoms with Crippen LogP contribution in [0.25, 0.3) is 0 Å². The summed E-state index contributed by atoms with van der Waals surface area (Å²) in [5.74, 6) is -2.30. The van der Waals surface area contributed by atoms with E-state index in [1.54, 1.807) is 0 Å². The van der Waals surface area contributed by atoms with Crippen LogP contribution in [0, 0.1) is 0 Å². The maximum Gasteiger partial charge on any atom is 0.303 e. The van der Waals surface area contributed by atoms with E-state index in [1.807, 2.05) is 0 Å². The minimum absolute atomic E-state index is 0.263. The number of hydrogen-bond acceptors (Lipinski definition) is 9. The molecule has 0 aliphatic carbocycles. The quantitative estimate of drug-likeness (QED) is 0.187. The number of hydrogen-bond donors (Lipinski definition) is 1. The third-order valence-electron chi connectivity index (χ3n) is 4.42. The van der Waals surface area contributed by atoms with Crippen molar-refractivity contribution >= 4 is 23.8 Å². The molecular weight excluding hydrogens is 414 g/mol. The molecule has 1 saturated heterocycles. The maximum atomic E-state index is 11.8. The van der Waals surface area contributed by atoms with Gasteiger partial charge in [0.1, 0.15) is 25.4 Å². The molecule has 1 aliphatic rings. The van der Waals surface area contributed by atoms with E-state index in [-0.39, 0.29) is 6.61 Å². The van der Waals surface area contributed by atoms with Crippen molar-refractivity contribution in [2.75, 3.05) is 19.8 Å². The molecule has 5 atom stereocenters. The first-order valence-corrected chi connectivity index (χ1v) is 10.3. The van der Waals surface area contributed by atoms with Crippen molar-refractivity contribution in [2.45, 2.75) is 84.0 Å². The summed E-state index contributed by atoms with van der Waals surface area (Å²) in [5.41, 5.74) is 0. The van der Waals surface area contributed by atoms with Crippen LogP contribution >= 0.6 is 0 Å². The fourth-order valence-corrected chi connectivity index (χ4v) is 3.21. The topological polar surface area (TPSA) is 149 Å². The van der Waals surface area contributed by atoms with Crippen LogP contribution in [0.2, 0.25) is 0 Å². The average Bonchev–Trinajstić information content (AvgIpc) is 2.66. The molecular formula is C20H34NO10+. The third-order valence-corrected chi connectivity index (χ3v) is 4.42. The van der Waals surface area contributed by atoms with Crippen molar-refractivity contribution in [1.82, 2.24) is 5.32 Å². The number of ether oxygens (including phenoxy) is 5. The second-order valence-corrected chi connectivity index (χ2v) is 7.25. The van der Waals surface area contributed by atoms with E-state index in [0.717, 1.165) is 19.3 Å². The lowest BCUT2D eigenvalue weighted by Gasteiger charge is -2.44. The summed E-state index contributed by atoms with van der Waals surface area (Å²) >= 11 is 0. The maximum absolute atomic E-state index is 11.8. The van der Waals surface area contributed by atoms with Crippen LogP contribution in [0.15, 0.2) is 0 Å². The van der Waals surface area contributed by atoms with Crippen LogP contribution in [-0.4, -0.2) is 79.4 Å². The highest BCUT2D eigenvalue weighted by molar-refractivity contribution is 5.73. The number of carbonyl (C=O) groups excluding carboxylic acids is 4. The van der Waals surface area contributed by atoms with Gasteiger partial charge in [-0.2, -0.15) is 0 Å². The molecule has 1 amide bonds. The Balaban J connectivity index is 3.07. The van der Waals surface area contributed by atoms with Crippen LogP contribution in [0.3, 0.4) is 0 Å². The summed E-state index contributed by atoms with van der Waals surface area (Å²) in [4.78, 5) is 46.5. The van der Waals surface area contributed by atoms with Gasteiger partial charge in [0.15, 0.2) is 18.5 Å². The standard InChI is InChI=1S/C20H33NO10/c1-12(23)21-17-19(30-15(4)26)18(29-14(3)25)16(11-28-13(2)24)31-20(17)27-10-8-6-5-7-9-22/h16-20,22H,5-11H2,1-4H3,(H,21,23)/p+1/t16-,17?,18?,19?,20+/m0/s1. The molecule has 1 fully saturated rings. The first-order valence-electron chi connectivity index (χ1n) is 10.3. The van der Waals surface area contributed by atoms with Gasteiger partial charge >= 0.3 is 17.9 Å². The number of amides is 1. The van der Waals surface area contributed by atoms with Gasteiger partial charge in [0.25, 0.3) is 0 Å². The molecule has 11 nitrogen and oxygen atoms in total. The van der Waals surface area contributed by atoms with Crippen LogP contribution in [-0.2, 0) is 42.9 Å². The minimum atomic E-state index is -1.13. The molecule has 0 aromatic carbocycles. The van der Waals surface area contributed by atoms with E-state index < -0.39 is 54.5 Å². The lowest BCUT2D eigenvalue weighted by molar-refractivity contribution is -0.277. The van der Waals surface area contributed by atoms with E-state index in [9.17, 15) is 19.2 Å². The number of unbranched alkanes of at least 4 members (excludes halogenated alkanes) is 3. The molecule has 178 valence electrons. The van der Waals surface area contributed by atoms with Crippen molar-refractivity contribution in [3.8, 4) is 0 Å². The van der Waals surface area contributed by atoms with E-state index >= 15 is 0 Å². The summed E-state index contributed by atoms with van der Waals surface area (Å²) in [6.45, 7) is 5.28. The van der Waals surface area contributed by atoms with Crippen molar-refractivity contribution in [1.29, 1.82) is 0 Å². The molecule has 3 unspecified atom stereocenters. The fourth-order valence-electron chi connectivity index (χ4n) is 3.21. The van der Waals surface area contributed by atoms with Gasteiger partial charge in [-0.3, -0.25) is 19.2 Å². The first kappa shape index (κ1) is 26.8. The molecule has 0 spiro atoms. The second-order valence-electron chi connectivity index (χ2n) is 7.25. The Kier molecular flexibility index (Phi) is 12.1. The van der Waals surface area contributed by atoms with E-state index in [2.05, 4.69) is 5.32 Å². The normalized spacial score (nSPS) is 25.4. The highest BCUT2D eigenvalue weighted by Gasteiger charge is 2.51. The molecule has 0 aromatic heterocycles. The molecule has 31 heavy (non-hydrogen) atoms. The largest absolute Gasteiger partial charge is 0.463 e. The fraction of sp³-hybridized carbons (Fsp3) is 0.800. The molecule has 0 saturated carbocycles. The number of esters is 3. The van der Waals surface area contributed by atoms with Gasteiger partial charge in [-0.05, 0) is 12.8 Å². The van der Waals surface area contributed by atoms with Gasteiger partial charge in [0, 0.05) is 40.7 Å². The van der Waals surface area contributed by atoms with Crippen molar-refractivity contribution in [2.24, 2.45) is 0 Å². The molecule has 0 aromatic rings. The van der Waals surface area contributed by atoms with E-state index in [1.165, 1.54) is 27.7 Å². The van der Waals surface area contributed by atoms with E-state index in [4.69, 9.17) is 28.8 Å². The summed E-state index contributed by atoms with van der Waals surface area (Å²) in [6.07, 6.45) is -0.997. The zero-order valence-corrected chi connectivity index (χ0v) is 18.5. The summed E-state index contributed by atoms with van der Waals surface area (Å²) in [6, 6.07) is -0.951. The zero-order chi connectivity index (χ0) is 23.4. The Hall–Kier alpha value is -2.24. The van der Waals surface area contributed by atoms with E-state index in [0.29, 0.717) is 19.6 Å². The monoisotopic (exact) mass is 448 g/mol. The predicted molar refractivity (Wildman–Crippen MR) is 107 cm³/mol.